The van der Waals surface area contributed by atoms with E-state index in [2.05, 4.69) is 47.7 Å². The van der Waals surface area contributed by atoms with Gasteiger partial charge in [-0.1, -0.05) is 18.2 Å². The molecule has 112 valence electrons. The zero-order valence-electron chi connectivity index (χ0n) is 12.9. The highest BCUT2D eigenvalue weighted by Gasteiger charge is 2.26. The Morgan fingerprint density at radius 2 is 2.00 bits per heavy atom. The predicted molar refractivity (Wildman–Crippen MR) is 86.9 cm³/mol. The Labute approximate surface area is 126 Å². The van der Waals surface area contributed by atoms with Gasteiger partial charge in [0.25, 0.3) is 0 Å². The molecular formula is C17H24N4. The van der Waals surface area contributed by atoms with Crippen molar-refractivity contribution in [3.05, 3.63) is 41.6 Å². The molecule has 4 heteroatoms. The van der Waals surface area contributed by atoms with Crippen LogP contribution >= 0.6 is 0 Å². The Balaban J connectivity index is 2.12. The Kier molecular flexibility index (Phi) is 3.97. The molecule has 0 bridgehead atoms. The standard InChI is InChI=1S/C17H24N4/c1-13-8-6-7-11-20(13)17-16(12-18)14(2)19-21(17)15-9-4-3-5-10-15/h3-5,9-10,13H,6-8,11-12,18H2,1-2H3. The van der Waals surface area contributed by atoms with Crippen molar-refractivity contribution >= 4 is 5.82 Å². The topological polar surface area (TPSA) is 47.1 Å². The first-order valence-electron chi connectivity index (χ1n) is 7.83. The molecule has 4 nitrogen and oxygen atoms in total. The summed E-state index contributed by atoms with van der Waals surface area (Å²) < 4.78 is 2.07. The molecule has 1 unspecified atom stereocenters. The van der Waals surface area contributed by atoms with Crippen molar-refractivity contribution < 1.29 is 0 Å². The van der Waals surface area contributed by atoms with Crippen molar-refractivity contribution in [2.24, 2.45) is 5.73 Å². The van der Waals surface area contributed by atoms with E-state index in [4.69, 9.17) is 10.8 Å². The summed E-state index contributed by atoms with van der Waals surface area (Å²) >= 11 is 0. The largest absolute Gasteiger partial charge is 0.354 e. The van der Waals surface area contributed by atoms with Gasteiger partial charge in [-0.15, -0.1) is 0 Å². The molecule has 1 aliphatic rings. The van der Waals surface area contributed by atoms with Gasteiger partial charge in [-0.05, 0) is 45.2 Å². The van der Waals surface area contributed by atoms with Crippen LogP contribution in [0.1, 0.15) is 37.4 Å². The molecular weight excluding hydrogens is 260 g/mol. The van der Waals surface area contributed by atoms with Crippen LogP contribution in [0.4, 0.5) is 5.82 Å². The van der Waals surface area contributed by atoms with E-state index in [9.17, 15) is 0 Å². The molecule has 21 heavy (non-hydrogen) atoms. The van der Waals surface area contributed by atoms with Crippen LogP contribution in [0.25, 0.3) is 5.69 Å². The third-order valence-electron chi connectivity index (χ3n) is 4.44. The highest BCUT2D eigenvalue weighted by atomic mass is 15.4. The number of aromatic nitrogens is 2. The van der Waals surface area contributed by atoms with Gasteiger partial charge in [0.2, 0.25) is 0 Å². The number of benzene rings is 1. The summed E-state index contributed by atoms with van der Waals surface area (Å²) in [5.41, 5.74) is 9.33. The van der Waals surface area contributed by atoms with Gasteiger partial charge in [-0.25, -0.2) is 4.68 Å². The van der Waals surface area contributed by atoms with E-state index in [0.29, 0.717) is 12.6 Å². The second kappa shape index (κ2) is 5.90. The summed E-state index contributed by atoms with van der Waals surface area (Å²) in [5.74, 6) is 1.19. The van der Waals surface area contributed by atoms with Gasteiger partial charge < -0.3 is 10.6 Å². The summed E-state index contributed by atoms with van der Waals surface area (Å²) in [6, 6.07) is 10.9. The van der Waals surface area contributed by atoms with Crippen molar-refractivity contribution in [2.45, 2.75) is 45.7 Å². The van der Waals surface area contributed by atoms with Gasteiger partial charge in [0.1, 0.15) is 5.82 Å². The molecule has 0 radical (unpaired) electrons. The molecule has 1 aliphatic heterocycles. The van der Waals surface area contributed by atoms with E-state index in [1.54, 1.807) is 0 Å². The molecule has 2 aromatic rings. The average Bonchev–Trinajstić information content (AvgIpc) is 2.85. The smallest absolute Gasteiger partial charge is 0.137 e. The molecule has 0 saturated carbocycles. The number of nitrogens with two attached hydrogens (primary N) is 1. The quantitative estimate of drug-likeness (QED) is 0.942. The van der Waals surface area contributed by atoms with Crippen LogP contribution < -0.4 is 10.6 Å². The van der Waals surface area contributed by atoms with E-state index < -0.39 is 0 Å². The Morgan fingerprint density at radius 1 is 1.24 bits per heavy atom. The second-order valence-corrected chi connectivity index (χ2v) is 5.88. The van der Waals surface area contributed by atoms with E-state index in [-0.39, 0.29) is 0 Å². The third-order valence-corrected chi connectivity index (χ3v) is 4.44. The number of aryl methyl sites for hydroxylation is 1. The maximum absolute atomic E-state index is 6.02. The number of nitrogens with zero attached hydrogens (tertiary/aromatic N) is 3. The monoisotopic (exact) mass is 284 g/mol. The van der Waals surface area contributed by atoms with E-state index in [1.165, 1.54) is 30.6 Å². The van der Waals surface area contributed by atoms with Crippen molar-refractivity contribution in [3.63, 3.8) is 0 Å². The van der Waals surface area contributed by atoms with Gasteiger partial charge in [0.05, 0.1) is 11.4 Å². The lowest BCUT2D eigenvalue weighted by Gasteiger charge is -2.36. The minimum atomic E-state index is 0.539. The van der Waals surface area contributed by atoms with Crippen LogP contribution in [0.2, 0.25) is 0 Å². The summed E-state index contributed by atoms with van der Waals surface area (Å²) in [7, 11) is 0. The third kappa shape index (κ3) is 2.56. The number of rotatable bonds is 3. The van der Waals surface area contributed by atoms with Crippen molar-refractivity contribution in [1.82, 2.24) is 9.78 Å². The lowest BCUT2D eigenvalue weighted by atomic mass is 10.0. The highest BCUT2D eigenvalue weighted by molar-refractivity contribution is 5.56. The van der Waals surface area contributed by atoms with Crippen LogP contribution in [0.5, 0.6) is 0 Å². The highest BCUT2D eigenvalue weighted by Crippen LogP contribution is 2.31. The first kappa shape index (κ1) is 14.1. The molecule has 0 amide bonds. The van der Waals surface area contributed by atoms with Gasteiger partial charge in [-0.2, -0.15) is 5.10 Å². The van der Waals surface area contributed by atoms with Gasteiger partial charge in [-0.3, -0.25) is 0 Å². The fourth-order valence-electron chi connectivity index (χ4n) is 3.24. The summed E-state index contributed by atoms with van der Waals surface area (Å²) in [4.78, 5) is 2.48. The molecule has 1 fully saturated rings. The van der Waals surface area contributed by atoms with E-state index >= 15 is 0 Å². The fourth-order valence-corrected chi connectivity index (χ4v) is 3.24. The molecule has 1 aromatic heterocycles. The molecule has 1 atom stereocenters. The zero-order chi connectivity index (χ0) is 14.8. The second-order valence-electron chi connectivity index (χ2n) is 5.88. The van der Waals surface area contributed by atoms with E-state index in [1.807, 2.05) is 6.07 Å². The van der Waals surface area contributed by atoms with E-state index in [0.717, 1.165) is 17.9 Å². The van der Waals surface area contributed by atoms with Gasteiger partial charge >= 0.3 is 0 Å². The lowest BCUT2D eigenvalue weighted by Crippen LogP contribution is -2.39. The van der Waals surface area contributed by atoms with Gasteiger partial charge in [0, 0.05) is 24.7 Å². The summed E-state index contributed by atoms with van der Waals surface area (Å²) in [5, 5.41) is 4.76. The first-order chi connectivity index (χ1) is 10.2. The predicted octanol–water partition coefficient (Wildman–Crippen LogP) is 3.02. The molecule has 0 aliphatic carbocycles. The van der Waals surface area contributed by atoms with Crippen LogP contribution in [0, 0.1) is 6.92 Å². The van der Waals surface area contributed by atoms with Crippen molar-refractivity contribution in [3.8, 4) is 5.69 Å². The number of para-hydroxylation sites is 1. The Hall–Kier alpha value is -1.81. The zero-order valence-corrected chi connectivity index (χ0v) is 12.9. The minimum absolute atomic E-state index is 0.539. The number of hydrogen-bond acceptors (Lipinski definition) is 3. The first-order valence-corrected chi connectivity index (χ1v) is 7.83. The number of hydrogen-bond donors (Lipinski definition) is 1. The van der Waals surface area contributed by atoms with Crippen LogP contribution in [0.3, 0.4) is 0 Å². The normalized spacial score (nSPS) is 19.0. The minimum Gasteiger partial charge on any atom is -0.354 e. The number of piperidine rings is 1. The van der Waals surface area contributed by atoms with Crippen molar-refractivity contribution in [1.29, 1.82) is 0 Å². The Bertz CT molecular complexity index is 603. The molecule has 0 spiro atoms. The maximum atomic E-state index is 6.02. The fraction of sp³-hybridized carbons (Fsp3) is 0.471. The molecule has 1 aromatic carbocycles. The molecule has 3 rings (SSSR count). The molecule has 2 heterocycles. The summed E-state index contributed by atoms with van der Waals surface area (Å²) in [6.45, 7) is 5.99. The SMILES string of the molecule is Cc1nn(-c2ccccc2)c(N2CCCCC2C)c1CN. The average molecular weight is 284 g/mol. The Morgan fingerprint density at radius 3 is 2.67 bits per heavy atom. The van der Waals surface area contributed by atoms with Crippen LogP contribution in [0.15, 0.2) is 30.3 Å². The van der Waals surface area contributed by atoms with Crippen LogP contribution in [-0.4, -0.2) is 22.4 Å². The molecule has 1 saturated heterocycles. The molecule has 2 N–H and O–H groups in total. The lowest BCUT2D eigenvalue weighted by molar-refractivity contribution is 0.476. The van der Waals surface area contributed by atoms with Crippen molar-refractivity contribution in [2.75, 3.05) is 11.4 Å². The maximum Gasteiger partial charge on any atom is 0.137 e. The van der Waals surface area contributed by atoms with Gasteiger partial charge in [0.15, 0.2) is 0 Å². The number of anilines is 1. The summed E-state index contributed by atoms with van der Waals surface area (Å²) in [6.07, 6.45) is 3.80. The van der Waals surface area contributed by atoms with Crippen LogP contribution in [-0.2, 0) is 6.54 Å².